The highest BCUT2D eigenvalue weighted by molar-refractivity contribution is 5.98. The first-order valence-electron chi connectivity index (χ1n) is 11.4. The Kier molecular flexibility index (Phi) is 6.44. The first-order valence-corrected chi connectivity index (χ1v) is 11.4. The first-order chi connectivity index (χ1) is 16.7. The molecule has 5 rings (SSSR count). The lowest BCUT2D eigenvalue weighted by Crippen LogP contribution is -2.54. The Labute approximate surface area is 198 Å². The third-order valence-electron chi connectivity index (χ3n) is 6.00. The van der Waals surface area contributed by atoms with E-state index in [2.05, 4.69) is 0 Å². The zero-order chi connectivity index (χ0) is 23.3. The number of rotatable bonds is 5. The number of carbonyl (C=O) groups excluding carboxylic acids is 2. The number of morpholine rings is 1. The van der Waals surface area contributed by atoms with Crippen LogP contribution in [0.1, 0.15) is 0 Å². The van der Waals surface area contributed by atoms with E-state index in [1.165, 1.54) is 0 Å². The molecule has 0 N–H and O–H groups in total. The molecule has 1 atom stereocenters. The minimum Gasteiger partial charge on any atom is -0.483 e. The van der Waals surface area contributed by atoms with Crippen LogP contribution in [0.25, 0.3) is 11.1 Å². The Morgan fingerprint density at radius 3 is 2.41 bits per heavy atom. The van der Waals surface area contributed by atoms with Crippen LogP contribution >= 0.6 is 0 Å². The van der Waals surface area contributed by atoms with Crippen molar-refractivity contribution in [1.82, 2.24) is 4.90 Å². The zero-order valence-electron chi connectivity index (χ0n) is 18.8. The number of para-hydroxylation sites is 3. The van der Waals surface area contributed by atoms with Gasteiger partial charge in [-0.15, -0.1) is 0 Å². The lowest BCUT2D eigenvalue weighted by molar-refractivity contribution is -0.142. The Hall–Kier alpha value is -3.84. The lowest BCUT2D eigenvalue weighted by atomic mass is 10.1. The van der Waals surface area contributed by atoms with Gasteiger partial charge >= 0.3 is 0 Å². The number of ether oxygens (including phenoxy) is 3. The summed E-state index contributed by atoms with van der Waals surface area (Å²) in [6.07, 6.45) is -0.770. The minimum absolute atomic E-state index is 0.133. The number of hydrogen-bond acceptors (Lipinski definition) is 5. The highest BCUT2D eigenvalue weighted by Crippen LogP contribution is 2.34. The normalized spacial score (nSPS) is 17.5. The van der Waals surface area contributed by atoms with Gasteiger partial charge in [0.05, 0.1) is 25.4 Å². The second kappa shape index (κ2) is 9.97. The zero-order valence-corrected chi connectivity index (χ0v) is 18.8. The number of fused-ring (bicyclic) bond motifs is 1. The van der Waals surface area contributed by atoms with Gasteiger partial charge in [0.2, 0.25) is 0 Å². The smallest absolute Gasteiger partial charge is 0.265 e. The maximum Gasteiger partial charge on any atom is 0.265 e. The molecule has 174 valence electrons. The maximum atomic E-state index is 13.3. The fourth-order valence-electron chi connectivity index (χ4n) is 4.25. The van der Waals surface area contributed by atoms with Crippen LogP contribution in [-0.2, 0) is 14.3 Å². The summed E-state index contributed by atoms with van der Waals surface area (Å²) in [5, 5.41) is 0. The fourth-order valence-corrected chi connectivity index (χ4v) is 4.25. The van der Waals surface area contributed by atoms with Crippen molar-refractivity contribution in [2.24, 2.45) is 0 Å². The van der Waals surface area contributed by atoms with E-state index in [0.29, 0.717) is 43.5 Å². The summed E-state index contributed by atoms with van der Waals surface area (Å²) in [4.78, 5) is 29.7. The summed E-state index contributed by atoms with van der Waals surface area (Å²) in [7, 11) is 0. The van der Waals surface area contributed by atoms with Crippen molar-refractivity contribution < 1.29 is 23.8 Å². The summed E-state index contributed by atoms with van der Waals surface area (Å²) in [5.74, 6) is 0.771. The van der Waals surface area contributed by atoms with Crippen LogP contribution < -0.4 is 14.4 Å². The molecule has 34 heavy (non-hydrogen) atoms. The van der Waals surface area contributed by atoms with Crippen LogP contribution in [0.2, 0.25) is 0 Å². The molecule has 2 aliphatic heterocycles. The molecule has 2 amide bonds. The molecule has 0 spiro atoms. The van der Waals surface area contributed by atoms with Gasteiger partial charge in [0.25, 0.3) is 11.8 Å². The van der Waals surface area contributed by atoms with Crippen molar-refractivity contribution in [3.05, 3.63) is 78.9 Å². The van der Waals surface area contributed by atoms with E-state index in [9.17, 15) is 9.59 Å². The maximum absolute atomic E-state index is 13.3. The van der Waals surface area contributed by atoms with Gasteiger partial charge in [-0.25, -0.2) is 0 Å². The predicted molar refractivity (Wildman–Crippen MR) is 128 cm³/mol. The van der Waals surface area contributed by atoms with Crippen LogP contribution in [0, 0.1) is 0 Å². The Morgan fingerprint density at radius 1 is 0.882 bits per heavy atom. The van der Waals surface area contributed by atoms with Crippen molar-refractivity contribution in [1.29, 1.82) is 0 Å². The Balaban J connectivity index is 1.34. The average molecular weight is 459 g/mol. The van der Waals surface area contributed by atoms with Crippen LogP contribution in [0.15, 0.2) is 78.9 Å². The molecule has 0 bridgehead atoms. The number of nitrogens with zero attached hydrogens (tertiary/aromatic N) is 2. The second-order valence-corrected chi connectivity index (χ2v) is 8.17. The van der Waals surface area contributed by atoms with Crippen molar-refractivity contribution in [3.8, 4) is 22.6 Å². The molecular formula is C27H26N2O5. The molecule has 7 nitrogen and oxygen atoms in total. The summed E-state index contributed by atoms with van der Waals surface area (Å²) in [6, 6.07) is 24.8. The summed E-state index contributed by atoms with van der Waals surface area (Å²) >= 11 is 0. The van der Waals surface area contributed by atoms with E-state index < -0.39 is 6.10 Å². The average Bonchev–Trinajstić information content (AvgIpc) is 2.92. The highest BCUT2D eigenvalue weighted by atomic mass is 16.5. The third-order valence-corrected chi connectivity index (χ3v) is 6.00. The molecule has 7 heteroatoms. The SMILES string of the molecule is O=C(C1CN(C(=O)COc2ccccc2-c2ccccc2)c2ccccc2O1)N1CCOCC1. The molecule has 1 fully saturated rings. The van der Waals surface area contributed by atoms with E-state index in [1.807, 2.05) is 72.8 Å². The van der Waals surface area contributed by atoms with Crippen LogP contribution in [0.3, 0.4) is 0 Å². The van der Waals surface area contributed by atoms with E-state index >= 15 is 0 Å². The standard InChI is InChI=1S/C27H26N2O5/c30-26(19-33-23-12-6-4-10-21(23)20-8-2-1-3-9-20)29-18-25(27(31)28-14-16-32-17-15-28)34-24-13-7-5-11-22(24)29/h1-13,25H,14-19H2. The first kappa shape index (κ1) is 22.0. The second-order valence-electron chi connectivity index (χ2n) is 8.17. The molecule has 1 unspecified atom stereocenters. The molecule has 1 saturated heterocycles. The molecule has 2 heterocycles. The van der Waals surface area contributed by atoms with Gasteiger partial charge in [0.1, 0.15) is 11.5 Å². The predicted octanol–water partition coefficient (Wildman–Crippen LogP) is 3.39. The van der Waals surface area contributed by atoms with Gasteiger partial charge in [0.15, 0.2) is 12.7 Å². The molecule has 3 aromatic rings. The molecular weight excluding hydrogens is 432 g/mol. The number of anilines is 1. The third kappa shape index (κ3) is 4.61. The topological polar surface area (TPSA) is 68.3 Å². The van der Waals surface area contributed by atoms with Gasteiger partial charge in [-0.3, -0.25) is 9.59 Å². The van der Waals surface area contributed by atoms with Gasteiger partial charge in [0, 0.05) is 18.7 Å². The summed E-state index contributed by atoms with van der Waals surface area (Å²) in [5.41, 5.74) is 2.57. The number of hydrogen-bond donors (Lipinski definition) is 0. The lowest BCUT2D eigenvalue weighted by Gasteiger charge is -2.37. The Bertz CT molecular complexity index is 1160. The van der Waals surface area contributed by atoms with E-state index in [1.54, 1.807) is 15.9 Å². The van der Waals surface area contributed by atoms with Crippen molar-refractivity contribution >= 4 is 17.5 Å². The van der Waals surface area contributed by atoms with Crippen LogP contribution in [0.4, 0.5) is 5.69 Å². The molecule has 3 aromatic carbocycles. The molecule has 0 aliphatic carbocycles. The summed E-state index contributed by atoms with van der Waals surface area (Å²) < 4.78 is 17.3. The number of benzene rings is 3. The Morgan fingerprint density at radius 2 is 1.59 bits per heavy atom. The molecule has 0 aromatic heterocycles. The monoisotopic (exact) mass is 458 g/mol. The van der Waals surface area contributed by atoms with E-state index in [-0.39, 0.29) is 25.0 Å². The number of amides is 2. The summed E-state index contributed by atoms with van der Waals surface area (Å²) in [6.45, 7) is 2.03. The minimum atomic E-state index is -0.770. The largest absolute Gasteiger partial charge is 0.483 e. The fraction of sp³-hybridized carbons (Fsp3) is 0.259. The van der Waals surface area contributed by atoms with Gasteiger partial charge in [-0.1, -0.05) is 60.7 Å². The quantitative estimate of drug-likeness (QED) is 0.586. The van der Waals surface area contributed by atoms with E-state index in [0.717, 1.165) is 11.1 Å². The van der Waals surface area contributed by atoms with Crippen LogP contribution in [0.5, 0.6) is 11.5 Å². The van der Waals surface area contributed by atoms with Gasteiger partial charge in [-0.2, -0.15) is 0 Å². The molecule has 0 radical (unpaired) electrons. The highest BCUT2D eigenvalue weighted by Gasteiger charge is 2.36. The van der Waals surface area contributed by atoms with Crippen LogP contribution in [-0.4, -0.2) is 62.3 Å². The van der Waals surface area contributed by atoms with Gasteiger partial charge < -0.3 is 24.0 Å². The van der Waals surface area contributed by atoms with Crippen molar-refractivity contribution in [2.75, 3.05) is 44.4 Å². The van der Waals surface area contributed by atoms with E-state index in [4.69, 9.17) is 14.2 Å². The molecule has 0 saturated carbocycles. The molecule has 2 aliphatic rings. The van der Waals surface area contributed by atoms with Crippen molar-refractivity contribution in [2.45, 2.75) is 6.10 Å². The van der Waals surface area contributed by atoms with Gasteiger partial charge in [-0.05, 0) is 23.8 Å². The number of carbonyl (C=O) groups is 2. The van der Waals surface area contributed by atoms with Crippen molar-refractivity contribution in [3.63, 3.8) is 0 Å².